The highest BCUT2D eigenvalue weighted by Gasteiger charge is 2.36. The maximum absolute atomic E-state index is 14.0. The summed E-state index contributed by atoms with van der Waals surface area (Å²) in [6.45, 7) is -0.452. The molecule has 6 rings (SSSR count). The second kappa shape index (κ2) is 35.3. The molecule has 2 aromatic heterocycles. The van der Waals surface area contributed by atoms with Gasteiger partial charge in [-0.25, -0.2) is 19.6 Å². The van der Waals surface area contributed by atoms with Crippen LogP contribution in [0, 0.1) is 0 Å². The highest BCUT2D eigenvalue weighted by Crippen LogP contribution is 2.45. The van der Waals surface area contributed by atoms with Crippen molar-refractivity contribution in [3.63, 3.8) is 0 Å². The van der Waals surface area contributed by atoms with Crippen molar-refractivity contribution in [3.8, 4) is 11.1 Å². The molecule has 494 valence electrons. The second-order valence-electron chi connectivity index (χ2n) is 20.2. The van der Waals surface area contributed by atoms with Crippen molar-refractivity contribution in [1.29, 1.82) is 0 Å². The molecule has 7 amide bonds. The molecule has 3 aromatic carbocycles. The van der Waals surface area contributed by atoms with Gasteiger partial charge in [0.25, 0.3) is 17.9 Å². The molecule has 0 saturated carbocycles. The van der Waals surface area contributed by atoms with E-state index in [-0.39, 0.29) is 71.9 Å². The van der Waals surface area contributed by atoms with Gasteiger partial charge in [0.15, 0.2) is 11.2 Å². The summed E-state index contributed by atoms with van der Waals surface area (Å²) in [5.41, 5.74) is 10.1. The van der Waals surface area contributed by atoms with Gasteiger partial charge in [-0.1, -0.05) is 70.1 Å². The number of carboxylic acids is 5. The third-order valence-electron chi connectivity index (χ3n) is 13.6. The molecule has 36 heteroatoms. The van der Waals surface area contributed by atoms with Gasteiger partial charge >= 0.3 is 29.8 Å². The summed E-state index contributed by atoms with van der Waals surface area (Å²) >= 11 is 1.47. The number of aromatic amines is 1. The van der Waals surface area contributed by atoms with Crippen molar-refractivity contribution in [2.45, 2.75) is 87.2 Å². The molecular weight excluding hydrogens is 1280 g/mol. The smallest absolute Gasteiger partial charge is 0.327 e. The van der Waals surface area contributed by atoms with Crippen LogP contribution >= 0.6 is 33.3 Å². The van der Waals surface area contributed by atoms with Crippen molar-refractivity contribution in [1.82, 2.24) is 57.2 Å². The van der Waals surface area contributed by atoms with Crippen LogP contribution in [0.1, 0.15) is 71.6 Å². The summed E-state index contributed by atoms with van der Waals surface area (Å²) in [5, 5.41) is 67.3. The molecule has 5 aromatic rings. The Labute approximate surface area is 538 Å². The number of fused-ring (bicyclic) bond motifs is 4. The van der Waals surface area contributed by atoms with Crippen molar-refractivity contribution in [2.24, 2.45) is 0 Å². The zero-order valence-electron chi connectivity index (χ0n) is 48.8. The van der Waals surface area contributed by atoms with Crippen LogP contribution in [0.25, 0.3) is 22.3 Å². The number of H-pyrrole nitrogens is 1. The first-order valence-electron chi connectivity index (χ1n) is 28.0. The van der Waals surface area contributed by atoms with E-state index in [4.69, 9.17) is 5.73 Å². The quantitative estimate of drug-likeness (QED) is 0.0133. The van der Waals surface area contributed by atoms with E-state index in [0.29, 0.717) is 17.1 Å². The number of aromatic nitrogens is 4. The third kappa shape index (κ3) is 22.2. The number of amides is 7. The standard InChI is InChI=1S/C57H63N13O20S3/c58-57-69-48-47(54(85)70-57)62-30(23-61-48)22-59-29-11-9-28(10-12-29)49(80)64-36(55(86)87)13-14-43(73)63-37(19-44(74)75)50(81)65-38(20-45(76)77)51(82)66-39(21-46(78)79)52(83)67-40(53(84)68-41(56(88)89)26-93-92-18-16-90-27-71)24-60-42(72)15-17-91-25-35-33-7-3-1-5-31(33)32-6-2-4-8-34(32)35/h1-12,23,27,35-41,59H,13-22,24-26H2,(H,60,72)(H,63,73)(H,64,80)(H,65,81)(H,66,82)(H,67,83)(H,68,84)(H,74,75)(H,76,77)(H,78,79)(H,86,87)(H,88,89)(H3,58,61,69,70,85)/t36-,37-,38-,39-,40-,41-/m0/s1. The van der Waals surface area contributed by atoms with E-state index in [1.807, 2.05) is 59.2 Å². The fourth-order valence-corrected chi connectivity index (χ4v) is 12.2. The van der Waals surface area contributed by atoms with E-state index in [0.717, 1.165) is 43.8 Å². The van der Waals surface area contributed by atoms with Gasteiger partial charge in [0.05, 0.1) is 37.7 Å². The fourth-order valence-electron chi connectivity index (χ4n) is 9.07. The van der Waals surface area contributed by atoms with Crippen LogP contribution < -0.4 is 53.8 Å². The van der Waals surface area contributed by atoms with E-state index < -0.39 is 152 Å². The first-order chi connectivity index (χ1) is 44.4. The molecule has 0 bridgehead atoms. The lowest BCUT2D eigenvalue weighted by Gasteiger charge is -2.26. The van der Waals surface area contributed by atoms with Gasteiger partial charge in [-0.3, -0.25) is 62.5 Å². The number of hydrogen-bond donors (Lipinski definition) is 15. The number of anilines is 2. The molecule has 0 radical (unpaired) electrons. The number of benzene rings is 3. The summed E-state index contributed by atoms with van der Waals surface area (Å²) in [6, 6.07) is 9.66. The number of carbonyl (C=O) groups is 13. The van der Waals surface area contributed by atoms with E-state index >= 15 is 0 Å². The Morgan fingerprint density at radius 3 is 1.74 bits per heavy atom. The van der Waals surface area contributed by atoms with E-state index in [9.17, 15) is 92.7 Å². The van der Waals surface area contributed by atoms with Crippen molar-refractivity contribution < 1.29 is 92.6 Å². The Bertz CT molecular complexity index is 3630. The monoisotopic (exact) mass is 1350 g/mol. The topological polar surface area (TPSA) is 526 Å². The normalized spacial score (nSPS) is 13.3. The minimum atomic E-state index is -2.25. The van der Waals surface area contributed by atoms with E-state index in [1.165, 1.54) is 42.2 Å². The lowest BCUT2D eigenvalue weighted by Crippen LogP contribution is -2.61. The molecule has 6 atom stereocenters. The first-order valence-corrected chi connectivity index (χ1v) is 31.7. The maximum Gasteiger partial charge on any atom is 0.327 e. The van der Waals surface area contributed by atoms with Gasteiger partial charge < -0.3 is 78.5 Å². The first kappa shape index (κ1) is 71.7. The average Bonchev–Trinajstić information content (AvgIpc) is 1.63. The Kier molecular flexibility index (Phi) is 27.2. The summed E-state index contributed by atoms with van der Waals surface area (Å²) in [4.78, 5) is 193. The highest BCUT2D eigenvalue weighted by molar-refractivity contribution is 8.76. The minimum absolute atomic E-state index is 0.0133. The van der Waals surface area contributed by atoms with Gasteiger partial charge in [0, 0.05) is 59.6 Å². The average molecular weight is 1350 g/mol. The highest BCUT2D eigenvalue weighted by atomic mass is 33.1. The number of nitrogens with one attached hydrogen (secondary N) is 9. The Hall–Kier alpha value is -10.4. The number of nitrogens with two attached hydrogens (primary N) is 1. The van der Waals surface area contributed by atoms with Crippen LogP contribution in [-0.4, -0.2) is 196 Å². The van der Waals surface area contributed by atoms with E-state index in [1.54, 1.807) is 0 Å². The number of aliphatic carboxylic acids is 5. The van der Waals surface area contributed by atoms with Crippen LogP contribution in [-0.2, 0) is 68.8 Å². The maximum atomic E-state index is 14.0. The molecule has 16 N–H and O–H groups in total. The molecule has 0 saturated heterocycles. The molecule has 0 fully saturated rings. The Morgan fingerprint density at radius 1 is 0.624 bits per heavy atom. The van der Waals surface area contributed by atoms with Crippen molar-refractivity contribution >= 4 is 134 Å². The molecule has 93 heavy (non-hydrogen) atoms. The number of carbonyl (C=O) groups excluding carboxylic acids is 8. The third-order valence-corrected chi connectivity index (χ3v) is 17.0. The SMILES string of the molecule is Nc1nc2ncc(CNc3ccc(C(=O)N[C@@H](CCC(=O)N[C@@H](CC(=O)O)C(=O)N[C@@H](CC(=O)O)C(=O)N[C@@H](CC(=O)O)C(=O)N[C@@H](CNC(=O)CCSCC4c5ccccc5-c5ccccc54)C(=O)N[C@@H](CSSCCOC=O)C(=O)O)C(=O)O)cc3)nc2c(=O)[nH]1. The number of rotatable bonds is 39. The molecule has 0 spiro atoms. The van der Waals surface area contributed by atoms with Gasteiger partial charge in [0.2, 0.25) is 41.4 Å². The molecule has 0 unspecified atom stereocenters. The lowest BCUT2D eigenvalue weighted by molar-refractivity contribution is -0.144. The van der Waals surface area contributed by atoms with Crippen LogP contribution in [0.15, 0.2) is 83.8 Å². The second-order valence-corrected chi connectivity index (χ2v) is 24.0. The van der Waals surface area contributed by atoms with Crippen LogP contribution in [0.4, 0.5) is 11.6 Å². The van der Waals surface area contributed by atoms with E-state index in [2.05, 4.69) is 56.6 Å². The van der Waals surface area contributed by atoms with Crippen LogP contribution in [0.3, 0.4) is 0 Å². The fraction of sp³-hybridized carbons (Fsp3) is 0.351. The summed E-state index contributed by atoms with van der Waals surface area (Å²) in [6.07, 6.45) is -3.95. The molecular formula is C57H63N13O20S3. The molecule has 2 heterocycles. The van der Waals surface area contributed by atoms with Crippen molar-refractivity contribution in [2.75, 3.05) is 47.2 Å². The van der Waals surface area contributed by atoms with Crippen molar-refractivity contribution in [3.05, 3.63) is 112 Å². The number of nitrogen functional groups attached to an aromatic ring is 1. The minimum Gasteiger partial charge on any atom is -0.481 e. The number of nitrogens with zero attached hydrogens (tertiary/aromatic N) is 3. The predicted octanol–water partition coefficient (Wildman–Crippen LogP) is -0.590. The van der Waals surface area contributed by atoms with Gasteiger partial charge in [-0.2, -0.15) is 16.7 Å². The molecule has 33 nitrogen and oxygen atoms in total. The number of carboxylic acid groups (broad SMARTS) is 5. The van der Waals surface area contributed by atoms with Gasteiger partial charge in [0.1, 0.15) is 42.9 Å². The lowest BCUT2D eigenvalue weighted by atomic mass is 9.99. The van der Waals surface area contributed by atoms with Gasteiger partial charge in [-0.05, 0) is 52.9 Å². The Balaban J connectivity index is 1.06. The predicted molar refractivity (Wildman–Crippen MR) is 334 cm³/mol. The molecule has 1 aliphatic rings. The number of thioether (sulfide) groups is 1. The summed E-state index contributed by atoms with van der Waals surface area (Å²) in [7, 11) is 2.06. The summed E-state index contributed by atoms with van der Waals surface area (Å²) in [5.74, 6) is -16.1. The number of ether oxygens (including phenoxy) is 1. The largest absolute Gasteiger partial charge is 0.481 e. The van der Waals surface area contributed by atoms with Gasteiger partial charge in [-0.15, -0.1) is 0 Å². The molecule has 0 aliphatic heterocycles. The zero-order chi connectivity index (χ0) is 67.7. The Morgan fingerprint density at radius 2 is 1.17 bits per heavy atom. The van der Waals surface area contributed by atoms with Crippen LogP contribution in [0.5, 0.6) is 0 Å². The summed E-state index contributed by atoms with van der Waals surface area (Å²) < 4.78 is 4.60. The van der Waals surface area contributed by atoms with Crippen LogP contribution in [0.2, 0.25) is 0 Å². The zero-order valence-corrected chi connectivity index (χ0v) is 51.3. The molecule has 1 aliphatic carbocycles. The number of hydrogen-bond acceptors (Lipinski definition) is 23.